The Kier molecular flexibility index (Phi) is 6.81. The number of nitrogens with one attached hydrogen (secondary N) is 1. The first-order chi connectivity index (χ1) is 14.1. The van der Waals surface area contributed by atoms with Gasteiger partial charge < -0.3 is 9.47 Å². The smallest absolute Gasteiger partial charge is 0.271 e. The van der Waals surface area contributed by atoms with E-state index in [1.807, 2.05) is 6.07 Å². The van der Waals surface area contributed by atoms with Crippen molar-refractivity contribution < 1.29 is 18.7 Å². The molecule has 0 saturated heterocycles. The number of amides is 1. The summed E-state index contributed by atoms with van der Waals surface area (Å²) in [4.78, 5) is 12.0. The molecule has 0 aliphatic rings. The Bertz CT molecular complexity index is 1010. The molecule has 1 N–H and O–H groups in total. The van der Waals surface area contributed by atoms with Crippen molar-refractivity contribution in [2.45, 2.75) is 6.61 Å². The van der Waals surface area contributed by atoms with Crippen LogP contribution in [0, 0.1) is 5.82 Å². The summed E-state index contributed by atoms with van der Waals surface area (Å²) in [6.07, 6.45) is 1.46. The number of hydrogen-bond acceptors (Lipinski definition) is 4. The highest BCUT2D eigenvalue weighted by molar-refractivity contribution is 6.32. The van der Waals surface area contributed by atoms with Crippen LogP contribution in [-0.2, 0) is 6.61 Å². The van der Waals surface area contributed by atoms with Gasteiger partial charge in [0.05, 0.1) is 18.3 Å². The third-order valence-corrected chi connectivity index (χ3v) is 4.24. The van der Waals surface area contributed by atoms with Crippen LogP contribution in [0.4, 0.5) is 4.39 Å². The predicted octanol–water partition coefficient (Wildman–Crippen LogP) is 4.83. The Balaban J connectivity index is 1.68. The van der Waals surface area contributed by atoms with Crippen LogP contribution in [0.5, 0.6) is 11.5 Å². The summed E-state index contributed by atoms with van der Waals surface area (Å²) in [6.45, 7) is 0.205. The molecule has 0 heterocycles. The number of ether oxygens (including phenoxy) is 2. The van der Waals surface area contributed by atoms with E-state index in [9.17, 15) is 9.18 Å². The maximum absolute atomic E-state index is 13.0. The predicted molar refractivity (Wildman–Crippen MR) is 110 cm³/mol. The van der Waals surface area contributed by atoms with Gasteiger partial charge in [-0.15, -0.1) is 0 Å². The van der Waals surface area contributed by atoms with Gasteiger partial charge in [-0.2, -0.15) is 5.10 Å². The first kappa shape index (κ1) is 20.4. The van der Waals surface area contributed by atoms with Crippen molar-refractivity contribution >= 4 is 23.7 Å². The zero-order valence-corrected chi connectivity index (χ0v) is 16.3. The first-order valence-corrected chi connectivity index (χ1v) is 9.08. The van der Waals surface area contributed by atoms with Crippen molar-refractivity contribution in [1.29, 1.82) is 0 Å². The van der Waals surface area contributed by atoms with E-state index >= 15 is 0 Å². The van der Waals surface area contributed by atoms with Gasteiger partial charge in [-0.05, 0) is 47.5 Å². The van der Waals surface area contributed by atoms with E-state index in [-0.39, 0.29) is 18.3 Å². The van der Waals surface area contributed by atoms with Crippen LogP contribution in [0.15, 0.2) is 71.8 Å². The fourth-order valence-corrected chi connectivity index (χ4v) is 2.78. The zero-order chi connectivity index (χ0) is 20.6. The average Bonchev–Trinajstić information content (AvgIpc) is 2.74. The van der Waals surface area contributed by atoms with Crippen molar-refractivity contribution in [1.82, 2.24) is 5.43 Å². The van der Waals surface area contributed by atoms with E-state index < -0.39 is 0 Å². The molecule has 0 atom stereocenters. The fraction of sp³-hybridized carbons (Fsp3) is 0.0909. The SMILES string of the molecule is COc1cc(/C=N\NC(=O)c2ccccc2)cc(Cl)c1OCc1ccc(F)cc1. The molecular weight excluding hydrogens is 395 g/mol. The maximum Gasteiger partial charge on any atom is 0.271 e. The lowest BCUT2D eigenvalue weighted by atomic mass is 10.2. The molecular formula is C22H18ClFN2O3. The third-order valence-electron chi connectivity index (χ3n) is 3.96. The highest BCUT2D eigenvalue weighted by atomic mass is 35.5. The van der Waals surface area contributed by atoms with Gasteiger partial charge in [0, 0.05) is 5.56 Å². The van der Waals surface area contributed by atoms with Crippen molar-refractivity contribution in [3.05, 3.63) is 94.3 Å². The first-order valence-electron chi connectivity index (χ1n) is 8.70. The minimum absolute atomic E-state index is 0.205. The summed E-state index contributed by atoms with van der Waals surface area (Å²) >= 11 is 6.33. The van der Waals surface area contributed by atoms with Gasteiger partial charge in [-0.1, -0.05) is 41.9 Å². The van der Waals surface area contributed by atoms with Crippen LogP contribution in [0.2, 0.25) is 5.02 Å². The highest BCUT2D eigenvalue weighted by Crippen LogP contribution is 2.36. The largest absolute Gasteiger partial charge is 0.493 e. The molecule has 0 fully saturated rings. The number of carbonyl (C=O) groups is 1. The van der Waals surface area contributed by atoms with Crippen molar-refractivity contribution in [3.63, 3.8) is 0 Å². The summed E-state index contributed by atoms with van der Waals surface area (Å²) < 4.78 is 24.1. The highest BCUT2D eigenvalue weighted by Gasteiger charge is 2.12. The molecule has 0 bridgehead atoms. The standard InChI is InChI=1S/C22H18ClFN2O3/c1-28-20-12-16(13-25-26-22(27)17-5-3-2-4-6-17)11-19(23)21(20)29-14-15-7-9-18(24)10-8-15/h2-13H,14H2,1H3,(H,26,27)/b25-13-. The molecule has 3 aromatic carbocycles. The second kappa shape index (κ2) is 9.71. The molecule has 0 aliphatic heterocycles. The molecule has 1 amide bonds. The second-order valence-electron chi connectivity index (χ2n) is 6.01. The molecule has 29 heavy (non-hydrogen) atoms. The molecule has 3 aromatic rings. The minimum Gasteiger partial charge on any atom is -0.493 e. The minimum atomic E-state index is -0.320. The number of methoxy groups -OCH3 is 1. The van der Waals surface area contributed by atoms with E-state index in [2.05, 4.69) is 10.5 Å². The quantitative estimate of drug-likeness (QED) is 0.446. The lowest BCUT2D eigenvalue weighted by Crippen LogP contribution is -2.17. The van der Waals surface area contributed by atoms with Crippen LogP contribution < -0.4 is 14.9 Å². The maximum atomic E-state index is 13.0. The molecule has 148 valence electrons. The lowest BCUT2D eigenvalue weighted by Gasteiger charge is -2.13. The molecule has 7 heteroatoms. The van der Waals surface area contributed by atoms with Gasteiger partial charge in [-0.3, -0.25) is 4.79 Å². The van der Waals surface area contributed by atoms with Gasteiger partial charge in [0.1, 0.15) is 12.4 Å². The van der Waals surface area contributed by atoms with Crippen molar-refractivity contribution in [3.8, 4) is 11.5 Å². The van der Waals surface area contributed by atoms with Gasteiger partial charge in [0.15, 0.2) is 11.5 Å². The van der Waals surface area contributed by atoms with Crippen LogP contribution >= 0.6 is 11.6 Å². The Hall–Kier alpha value is -3.38. The Labute approximate surface area is 172 Å². The molecule has 0 unspecified atom stereocenters. The number of nitrogens with zero attached hydrogens (tertiary/aromatic N) is 1. The lowest BCUT2D eigenvalue weighted by molar-refractivity contribution is 0.0955. The summed E-state index contributed by atoms with van der Waals surface area (Å²) in [5.74, 6) is 0.144. The van der Waals surface area contributed by atoms with E-state index in [1.165, 1.54) is 25.5 Å². The van der Waals surface area contributed by atoms with Crippen LogP contribution in [-0.4, -0.2) is 19.2 Å². The van der Waals surface area contributed by atoms with Crippen LogP contribution in [0.1, 0.15) is 21.5 Å². The van der Waals surface area contributed by atoms with Crippen molar-refractivity contribution in [2.24, 2.45) is 5.10 Å². The van der Waals surface area contributed by atoms with Gasteiger partial charge in [-0.25, -0.2) is 9.82 Å². The Morgan fingerprint density at radius 1 is 1.14 bits per heavy atom. The number of halogens is 2. The Morgan fingerprint density at radius 3 is 2.55 bits per heavy atom. The molecule has 3 rings (SSSR count). The van der Waals surface area contributed by atoms with Crippen molar-refractivity contribution in [2.75, 3.05) is 7.11 Å². The summed E-state index contributed by atoms with van der Waals surface area (Å²) in [7, 11) is 1.49. The monoisotopic (exact) mass is 412 g/mol. The molecule has 5 nitrogen and oxygen atoms in total. The van der Waals surface area contributed by atoms with E-state index in [0.717, 1.165) is 5.56 Å². The number of carbonyl (C=O) groups excluding carboxylic acids is 1. The van der Waals surface area contributed by atoms with E-state index in [4.69, 9.17) is 21.1 Å². The molecule has 0 spiro atoms. The van der Waals surface area contributed by atoms with Gasteiger partial charge in [0.25, 0.3) is 5.91 Å². The number of benzene rings is 3. The van der Waals surface area contributed by atoms with Crippen LogP contribution in [0.3, 0.4) is 0 Å². The van der Waals surface area contributed by atoms with E-state index in [1.54, 1.807) is 48.5 Å². The summed E-state index contributed by atoms with van der Waals surface area (Å²) in [6, 6.07) is 18.1. The van der Waals surface area contributed by atoms with Crippen LogP contribution in [0.25, 0.3) is 0 Å². The second-order valence-corrected chi connectivity index (χ2v) is 6.42. The average molecular weight is 413 g/mol. The van der Waals surface area contributed by atoms with E-state index in [0.29, 0.717) is 27.6 Å². The third kappa shape index (κ3) is 5.56. The normalized spacial score (nSPS) is 10.7. The zero-order valence-electron chi connectivity index (χ0n) is 15.6. The number of hydrazone groups is 1. The number of hydrogen-bond donors (Lipinski definition) is 1. The number of rotatable bonds is 7. The summed E-state index contributed by atoms with van der Waals surface area (Å²) in [5, 5.41) is 4.27. The molecule has 0 saturated carbocycles. The Morgan fingerprint density at radius 2 is 1.86 bits per heavy atom. The molecule has 0 aliphatic carbocycles. The van der Waals surface area contributed by atoms with Gasteiger partial charge >= 0.3 is 0 Å². The molecule has 0 aromatic heterocycles. The summed E-state index contributed by atoms with van der Waals surface area (Å²) in [5.41, 5.74) is 4.37. The fourth-order valence-electron chi connectivity index (χ4n) is 2.51. The topological polar surface area (TPSA) is 59.9 Å². The molecule has 0 radical (unpaired) electrons. The van der Waals surface area contributed by atoms with Gasteiger partial charge in [0.2, 0.25) is 0 Å².